The molecule has 1 fully saturated rings. The average molecular weight is 239 g/mol. The molecule has 0 aliphatic heterocycles. The SMILES string of the molecule is CCNC(CCC1CCC(C)CC1)C(C)(C)C. The van der Waals surface area contributed by atoms with E-state index in [0.29, 0.717) is 11.5 Å². The highest BCUT2D eigenvalue weighted by molar-refractivity contribution is 4.81. The van der Waals surface area contributed by atoms with Crippen molar-refractivity contribution in [2.45, 2.75) is 79.2 Å². The van der Waals surface area contributed by atoms with Gasteiger partial charge in [0.1, 0.15) is 0 Å². The summed E-state index contributed by atoms with van der Waals surface area (Å²) in [6, 6.07) is 0.687. The summed E-state index contributed by atoms with van der Waals surface area (Å²) in [5.74, 6) is 1.99. The molecule has 1 unspecified atom stereocenters. The van der Waals surface area contributed by atoms with Gasteiger partial charge in [-0.15, -0.1) is 0 Å². The van der Waals surface area contributed by atoms with E-state index in [4.69, 9.17) is 0 Å². The van der Waals surface area contributed by atoms with Gasteiger partial charge in [-0.1, -0.05) is 60.3 Å². The molecule has 1 aliphatic carbocycles. The Morgan fingerprint density at radius 2 is 1.71 bits per heavy atom. The van der Waals surface area contributed by atoms with E-state index in [1.807, 2.05) is 0 Å². The first kappa shape index (κ1) is 15.0. The Kier molecular flexibility index (Phi) is 5.99. The van der Waals surface area contributed by atoms with Crippen LogP contribution in [0, 0.1) is 17.3 Å². The maximum absolute atomic E-state index is 3.67. The predicted octanol–water partition coefficient (Wildman–Crippen LogP) is 4.62. The highest BCUT2D eigenvalue weighted by atomic mass is 14.9. The van der Waals surface area contributed by atoms with Crippen molar-refractivity contribution in [1.29, 1.82) is 0 Å². The fraction of sp³-hybridized carbons (Fsp3) is 1.00. The quantitative estimate of drug-likeness (QED) is 0.738. The Morgan fingerprint density at radius 3 is 2.18 bits per heavy atom. The summed E-state index contributed by atoms with van der Waals surface area (Å²) >= 11 is 0. The molecule has 0 amide bonds. The lowest BCUT2D eigenvalue weighted by Crippen LogP contribution is -2.40. The molecule has 0 radical (unpaired) electrons. The van der Waals surface area contributed by atoms with Crippen LogP contribution in [0.1, 0.15) is 73.1 Å². The van der Waals surface area contributed by atoms with Crippen molar-refractivity contribution in [2.75, 3.05) is 6.54 Å². The largest absolute Gasteiger partial charge is 0.314 e. The zero-order valence-electron chi connectivity index (χ0n) is 12.7. The second-order valence-electron chi connectivity index (χ2n) is 7.18. The molecule has 1 nitrogen and oxygen atoms in total. The lowest BCUT2D eigenvalue weighted by molar-refractivity contribution is 0.216. The number of nitrogens with one attached hydrogen (secondary N) is 1. The van der Waals surface area contributed by atoms with E-state index in [0.717, 1.165) is 18.4 Å². The van der Waals surface area contributed by atoms with Crippen molar-refractivity contribution in [2.24, 2.45) is 17.3 Å². The van der Waals surface area contributed by atoms with Crippen LogP contribution >= 0.6 is 0 Å². The van der Waals surface area contributed by atoms with Gasteiger partial charge in [-0.3, -0.25) is 0 Å². The molecule has 0 saturated heterocycles. The fourth-order valence-corrected chi connectivity index (χ4v) is 3.11. The lowest BCUT2D eigenvalue weighted by Gasteiger charge is -2.34. The van der Waals surface area contributed by atoms with E-state index in [1.165, 1.54) is 38.5 Å². The molecule has 17 heavy (non-hydrogen) atoms. The first-order chi connectivity index (χ1) is 7.93. The Bertz CT molecular complexity index is 196. The number of hydrogen-bond acceptors (Lipinski definition) is 1. The van der Waals surface area contributed by atoms with Gasteiger partial charge >= 0.3 is 0 Å². The van der Waals surface area contributed by atoms with Gasteiger partial charge in [0.15, 0.2) is 0 Å². The van der Waals surface area contributed by atoms with E-state index in [9.17, 15) is 0 Å². The van der Waals surface area contributed by atoms with Gasteiger partial charge in [-0.05, 0) is 36.6 Å². The second kappa shape index (κ2) is 6.78. The third kappa shape index (κ3) is 5.42. The Morgan fingerprint density at radius 1 is 1.12 bits per heavy atom. The molecular formula is C16H33N. The molecule has 1 saturated carbocycles. The minimum Gasteiger partial charge on any atom is -0.314 e. The monoisotopic (exact) mass is 239 g/mol. The summed E-state index contributed by atoms with van der Waals surface area (Å²) in [4.78, 5) is 0. The van der Waals surface area contributed by atoms with E-state index in [-0.39, 0.29) is 0 Å². The molecule has 102 valence electrons. The van der Waals surface area contributed by atoms with Gasteiger partial charge in [-0.25, -0.2) is 0 Å². The van der Waals surface area contributed by atoms with Crippen LogP contribution in [0.4, 0.5) is 0 Å². The molecule has 1 N–H and O–H groups in total. The Balaban J connectivity index is 2.31. The molecule has 0 aromatic carbocycles. The van der Waals surface area contributed by atoms with Crippen molar-refractivity contribution in [3.8, 4) is 0 Å². The van der Waals surface area contributed by atoms with Crippen LogP contribution in [0.3, 0.4) is 0 Å². The van der Waals surface area contributed by atoms with Gasteiger partial charge in [0.05, 0.1) is 0 Å². The van der Waals surface area contributed by atoms with Gasteiger partial charge in [-0.2, -0.15) is 0 Å². The van der Waals surface area contributed by atoms with Crippen molar-refractivity contribution in [3.63, 3.8) is 0 Å². The van der Waals surface area contributed by atoms with Crippen LogP contribution in [0.25, 0.3) is 0 Å². The Labute approximate surface area is 109 Å². The van der Waals surface area contributed by atoms with Gasteiger partial charge in [0, 0.05) is 6.04 Å². The smallest absolute Gasteiger partial charge is 0.0116 e. The average Bonchev–Trinajstić information content (AvgIpc) is 2.25. The first-order valence-electron chi connectivity index (χ1n) is 7.66. The highest BCUT2D eigenvalue weighted by Gasteiger charge is 2.25. The van der Waals surface area contributed by atoms with Gasteiger partial charge < -0.3 is 5.32 Å². The van der Waals surface area contributed by atoms with Crippen molar-refractivity contribution >= 4 is 0 Å². The maximum atomic E-state index is 3.67. The highest BCUT2D eigenvalue weighted by Crippen LogP contribution is 2.33. The molecule has 1 rings (SSSR count). The van der Waals surface area contributed by atoms with Crippen molar-refractivity contribution in [1.82, 2.24) is 5.32 Å². The van der Waals surface area contributed by atoms with Crippen molar-refractivity contribution in [3.05, 3.63) is 0 Å². The molecule has 1 aliphatic rings. The molecule has 0 spiro atoms. The zero-order chi connectivity index (χ0) is 12.9. The van der Waals surface area contributed by atoms with Gasteiger partial charge in [0.2, 0.25) is 0 Å². The third-order valence-electron chi connectivity index (χ3n) is 4.49. The molecule has 1 atom stereocenters. The number of rotatable bonds is 5. The molecule has 0 bridgehead atoms. The fourth-order valence-electron chi connectivity index (χ4n) is 3.11. The molecule has 0 heterocycles. The summed E-state index contributed by atoms with van der Waals surface area (Å²) < 4.78 is 0. The summed E-state index contributed by atoms with van der Waals surface area (Å²) in [5.41, 5.74) is 0.401. The zero-order valence-corrected chi connectivity index (χ0v) is 12.7. The molecule has 0 aromatic rings. The first-order valence-corrected chi connectivity index (χ1v) is 7.66. The maximum Gasteiger partial charge on any atom is 0.0116 e. The van der Waals surface area contributed by atoms with Crippen LogP contribution in [-0.4, -0.2) is 12.6 Å². The van der Waals surface area contributed by atoms with Crippen molar-refractivity contribution < 1.29 is 0 Å². The molecular weight excluding hydrogens is 206 g/mol. The van der Waals surface area contributed by atoms with Crippen LogP contribution in [-0.2, 0) is 0 Å². The Hall–Kier alpha value is -0.0400. The minimum absolute atomic E-state index is 0.401. The van der Waals surface area contributed by atoms with Crippen LogP contribution in [0.2, 0.25) is 0 Å². The van der Waals surface area contributed by atoms with E-state index in [1.54, 1.807) is 0 Å². The molecule has 0 aromatic heterocycles. The molecule has 1 heteroatoms. The van der Waals surface area contributed by atoms with Crippen LogP contribution in [0.5, 0.6) is 0 Å². The standard InChI is InChI=1S/C16H33N/c1-6-17-15(16(3,4)5)12-11-14-9-7-13(2)8-10-14/h13-15,17H,6-12H2,1-5H3. The number of hydrogen-bond donors (Lipinski definition) is 1. The van der Waals surface area contributed by atoms with Gasteiger partial charge in [0.25, 0.3) is 0 Å². The second-order valence-corrected chi connectivity index (χ2v) is 7.18. The van der Waals surface area contributed by atoms with Crippen LogP contribution in [0.15, 0.2) is 0 Å². The summed E-state index contributed by atoms with van der Waals surface area (Å²) in [6.07, 6.45) is 8.67. The third-order valence-corrected chi connectivity index (χ3v) is 4.49. The topological polar surface area (TPSA) is 12.0 Å². The lowest BCUT2D eigenvalue weighted by atomic mass is 9.77. The summed E-state index contributed by atoms with van der Waals surface area (Å²) in [5, 5.41) is 3.67. The normalized spacial score (nSPS) is 28.1. The van der Waals surface area contributed by atoms with Crippen LogP contribution < -0.4 is 5.32 Å². The summed E-state index contributed by atoms with van der Waals surface area (Å²) in [7, 11) is 0. The van der Waals surface area contributed by atoms with E-state index in [2.05, 4.69) is 39.9 Å². The predicted molar refractivity (Wildman–Crippen MR) is 77.3 cm³/mol. The van der Waals surface area contributed by atoms with E-state index < -0.39 is 0 Å². The van der Waals surface area contributed by atoms with E-state index >= 15 is 0 Å². The minimum atomic E-state index is 0.401. The summed E-state index contributed by atoms with van der Waals surface area (Å²) in [6.45, 7) is 12.8.